The molecule has 2 atom stereocenters. The van der Waals surface area contributed by atoms with E-state index in [-0.39, 0.29) is 5.91 Å². The number of thiophene rings is 1. The zero-order chi connectivity index (χ0) is 17.7. The van der Waals surface area contributed by atoms with E-state index in [9.17, 15) is 9.59 Å². The number of hydrogen-bond donors (Lipinski definition) is 1. The molecule has 1 heterocycles. The number of esters is 1. The maximum absolute atomic E-state index is 12.4. The van der Waals surface area contributed by atoms with Crippen molar-refractivity contribution in [3.63, 3.8) is 0 Å². The molecule has 1 aromatic carbocycles. The zero-order valence-electron chi connectivity index (χ0n) is 14.5. The van der Waals surface area contributed by atoms with Gasteiger partial charge < -0.3 is 10.1 Å². The molecule has 0 aliphatic heterocycles. The second kappa shape index (κ2) is 8.11. The molecule has 2 aromatic rings. The van der Waals surface area contributed by atoms with Gasteiger partial charge in [-0.1, -0.05) is 32.0 Å². The second-order valence-corrected chi connectivity index (χ2v) is 6.78. The van der Waals surface area contributed by atoms with Crippen molar-refractivity contribution in [3.05, 3.63) is 51.7 Å². The van der Waals surface area contributed by atoms with Crippen molar-refractivity contribution in [1.82, 2.24) is 0 Å². The van der Waals surface area contributed by atoms with Crippen LogP contribution in [0.1, 0.15) is 53.9 Å². The van der Waals surface area contributed by atoms with Gasteiger partial charge in [0.1, 0.15) is 4.88 Å². The molecule has 0 bridgehead atoms. The summed E-state index contributed by atoms with van der Waals surface area (Å²) in [5, 5.41) is 4.71. The number of hydrogen-bond acceptors (Lipinski definition) is 4. The fourth-order valence-electron chi connectivity index (χ4n) is 2.34. The third-order valence-corrected chi connectivity index (χ3v) is 5.06. The predicted molar refractivity (Wildman–Crippen MR) is 97.7 cm³/mol. The predicted octanol–water partition coefficient (Wildman–Crippen LogP) is 4.75. The van der Waals surface area contributed by atoms with Crippen molar-refractivity contribution in [2.24, 2.45) is 0 Å². The van der Waals surface area contributed by atoms with E-state index in [4.69, 9.17) is 4.74 Å². The van der Waals surface area contributed by atoms with Gasteiger partial charge in [-0.3, -0.25) is 4.79 Å². The van der Waals surface area contributed by atoms with Gasteiger partial charge >= 0.3 is 5.97 Å². The van der Waals surface area contributed by atoms with Crippen LogP contribution < -0.4 is 5.32 Å². The van der Waals surface area contributed by atoms with Crippen molar-refractivity contribution < 1.29 is 14.3 Å². The van der Waals surface area contributed by atoms with Crippen molar-refractivity contribution in [3.8, 4) is 0 Å². The highest BCUT2D eigenvalue weighted by Crippen LogP contribution is 2.26. The van der Waals surface area contributed by atoms with E-state index in [1.54, 1.807) is 6.92 Å². The first-order valence-electron chi connectivity index (χ1n) is 8.08. The highest BCUT2D eigenvalue weighted by Gasteiger charge is 2.22. The third kappa shape index (κ3) is 4.23. The number of rotatable bonds is 6. The molecule has 0 aliphatic carbocycles. The number of benzene rings is 1. The van der Waals surface area contributed by atoms with E-state index in [0.717, 1.165) is 23.2 Å². The van der Waals surface area contributed by atoms with Crippen LogP contribution in [0.3, 0.4) is 0 Å². The Bertz CT molecular complexity index is 723. The Morgan fingerprint density at radius 3 is 2.54 bits per heavy atom. The topological polar surface area (TPSA) is 55.4 Å². The summed E-state index contributed by atoms with van der Waals surface area (Å²) in [5.74, 6) is -0.443. The third-order valence-electron chi connectivity index (χ3n) is 4.06. The van der Waals surface area contributed by atoms with Crippen molar-refractivity contribution >= 4 is 28.9 Å². The summed E-state index contributed by atoms with van der Waals surface area (Å²) in [7, 11) is 0. The maximum Gasteiger partial charge on any atom is 0.349 e. The number of carbonyl (C=O) groups is 2. The van der Waals surface area contributed by atoms with Crippen LogP contribution in [0.15, 0.2) is 35.7 Å². The van der Waals surface area contributed by atoms with Gasteiger partial charge in [-0.25, -0.2) is 4.79 Å². The van der Waals surface area contributed by atoms with Gasteiger partial charge in [0.15, 0.2) is 6.10 Å². The van der Waals surface area contributed by atoms with Gasteiger partial charge in [-0.05, 0) is 54.8 Å². The lowest BCUT2D eigenvalue weighted by Crippen LogP contribution is -2.30. The summed E-state index contributed by atoms with van der Waals surface area (Å²) in [6.45, 7) is 7.66. The second-order valence-electron chi connectivity index (χ2n) is 5.87. The molecule has 1 N–H and O–H groups in total. The smallest absolute Gasteiger partial charge is 0.349 e. The molecule has 5 heteroatoms. The molecule has 2 rings (SSSR count). The van der Waals surface area contributed by atoms with E-state index >= 15 is 0 Å². The van der Waals surface area contributed by atoms with E-state index in [2.05, 4.69) is 19.2 Å². The normalized spacial score (nSPS) is 13.2. The van der Waals surface area contributed by atoms with Gasteiger partial charge in [0.05, 0.1) is 0 Å². The number of ether oxygens (including phenoxy) is 1. The quantitative estimate of drug-likeness (QED) is 0.768. The van der Waals surface area contributed by atoms with Gasteiger partial charge in [0, 0.05) is 5.69 Å². The lowest BCUT2D eigenvalue weighted by atomic mass is 9.97. The van der Waals surface area contributed by atoms with Gasteiger partial charge in [0.2, 0.25) is 0 Å². The molecule has 0 saturated carbocycles. The summed E-state index contributed by atoms with van der Waals surface area (Å²) in [6, 6.07) is 9.58. The molecule has 24 heavy (non-hydrogen) atoms. The van der Waals surface area contributed by atoms with E-state index in [1.165, 1.54) is 11.3 Å². The van der Waals surface area contributed by atoms with E-state index < -0.39 is 12.1 Å². The molecule has 0 spiro atoms. The van der Waals surface area contributed by atoms with Crippen LogP contribution in [0.4, 0.5) is 5.69 Å². The molecule has 0 radical (unpaired) electrons. The van der Waals surface area contributed by atoms with Gasteiger partial charge in [-0.15, -0.1) is 11.3 Å². The van der Waals surface area contributed by atoms with Crippen LogP contribution in [-0.4, -0.2) is 18.0 Å². The van der Waals surface area contributed by atoms with Crippen LogP contribution in [0.5, 0.6) is 0 Å². The molecule has 0 unspecified atom stereocenters. The molecule has 128 valence electrons. The van der Waals surface area contributed by atoms with E-state index in [0.29, 0.717) is 10.8 Å². The Balaban J connectivity index is 2.05. The van der Waals surface area contributed by atoms with Crippen LogP contribution in [0.25, 0.3) is 0 Å². The molecule has 0 aliphatic rings. The molecule has 0 fully saturated rings. The summed E-state index contributed by atoms with van der Waals surface area (Å²) in [4.78, 5) is 25.0. The molecule has 0 saturated heterocycles. The largest absolute Gasteiger partial charge is 0.448 e. The fourth-order valence-corrected chi connectivity index (χ4v) is 3.15. The Labute approximate surface area is 146 Å². The number of para-hydroxylation sites is 1. The first-order chi connectivity index (χ1) is 11.4. The average molecular weight is 345 g/mol. The highest BCUT2D eigenvalue weighted by atomic mass is 32.1. The summed E-state index contributed by atoms with van der Waals surface area (Å²) >= 11 is 1.32. The van der Waals surface area contributed by atoms with Crippen LogP contribution >= 0.6 is 11.3 Å². The van der Waals surface area contributed by atoms with Crippen molar-refractivity contribution in [2.75, 3.05) is 5.32 Å². The van der Waals surface area contributed by atoms with Crippen LogP contribution in [0, 0.1) is 6.92 Å². The zero-order valence-corrected chi connectivity index (χ0v) is 15.3. The molecular weight excluding hydrogens is 322 g/mol. The lowest BCUT2D eigenvalue weighted by Gasteiger charge is -2.18. The number of anilines is 1. The molecule has 1 aromatic heterocycles. The standard InChI is InChI=1S/C19H23NO3S/c1-5-12(2)15-8-6-7-9-16(15)20-18(21)14(4)23-19(22)17-13(3)10-11-24-17/h6-12,14H,5H2,1-4H3,(H,20,21)/t12-,14-/m1/s1. The summed E-state index contributed by atoms with van der Waals surface area (Å²) < 4.78 is 5.30. The molecule has 4 nitrogen and oxygen atoms in total. The Kier molecular flexibility index (Phi) is 6.15. The minimum absolute atomic E-state index is 0.326. The summed E-state index contributed by atoms with van der Waals surface area (Å²) in [5.41, 5.74) is 2.72. The van der Waals surface area contributed by atoms with Crippen LogP contribution in [-0.2, 0) is 9.53 Å². The first kappa shape index (κ1) is 18.2. The van der Waals surface area contributed by atoms with E-state index in [1.807, 2.05) is 42.6 Å². The number of carbonyl (C=O) groups excluding carboxylic acids is 2. The average Bonchev–Trinajstić information content (AvgIpc) is 3.00. The SMILES string of the molecule is CC[C@@H](C)c1ccccc1NC(=O)[C@@H](C)OC(=O)c1sccc1C. The highest BCUT2D eigenvalue weighted by molar-refractivity contribution is 7.12. The minimum Gasteiger partial charge on any atom is -0.448 e. The Hall–Kier alpha value is -2.14. The Morgan fingerprint density at radius 1 is 1.21 bits per heavy atom. The first-order valence-corrected chi connectivity index (χ1v) is 8.96. The van der Waals surface area contributed by atoms with Gasteiger partial charge in [0.25, 0.3) is 5.91 Å². The number of nitrogens with one attached hydrogen (secondary N) is 1. The van der Waals surface area contributed by atoms with Crippen molar-refractivity contribution in [1.29, 1.82) is 0 Å². The fraction of sp³-hybridized carbons (Fsp3) is 0.368. The lowest BCUT2D eigenvalue weighted by molar-refractivity contribution is -0.123. The summed E-state index contributed by atoms with van der Waals surface area (Å²) in [6.07, 6.45) is 0.124. The monoisotopic (exact) mass is 345 g/mol. The van der Waals surface area contributed by atoms with Gasteiger partial charge in [-0.2, -0.15) is 0 Å². The molecule has 1 amide bonds. The number of amides is 1. The maximum atomic E-state index is 12.4. The van der Waals surface area contributed by atoms with Crippen molar-refractivity contribution in [2.45, 2.75) is 46.1 Å². The Morgan fingerprint density at radius 2 is 1.92 bits per heavy atom. The number of aryl methyl sites for hydroxylation is 1. The van der Waals surface area contributed by atoms with Crippen LogP contribution in [0.2, 0.25) is 0 Å². The molecular formula is C19H23NO3S. The minimum atomic E-state index is -0.857.